The Bertz CT molecular complexity index is 5010. The third-order valence-corrected chi connectivity index (χ3v) is 50.7. The molecule has 0 amide bonds. The first-order chi connectivity index (χ1) is 68.9. The number of hydrogen-bond donors (Lipinski definition) is 0. The van der Waals surface area contributed by atoms with E-state index in [0.717, 1.165) is 42.8 Å². The summed E-state index contributed by atoms with van der Waals surface area (Å²) in [6.07, 6.45) is -10.2. The third-order valence-electron chi connectivity index (χ3n) is 23.7. The average molecular weight is 2740 g/mol. The fraction of sp³-hybridized carbons (Fsp3) is 0.381. The number of hydrogen-bond acceptors (Lipinski definition) is 12. The molecule has 0 spiro atoms. The standard InChI is InChI=1S/6C21H26FIO2/c6*1-20(2,3)15-7-11-17(12-8-15)23(25-19(22)24)18-13-9-16(10-14-18)21(4,5)6/h6*7-14H,1-6H3. The van der Waals surface area contributed by atoms with Crippen LogP contribution in [-0.2, 0) is 83.4 Å². The first-order valence-electron chi connectivity index (χ1n) is 49.6. The van der Waals surface area contributed by atoms with Crippen LogP contribution in [0.1, 0.15) is 316 Å². The Morgan fingerprint density at radius 1 is 0.127 bits per heavy atom. The van der Waals surface area contributed by atoms with E-state index in [0.29, 0.717) is 0 Å². The van der Waals surface area contributed by atoms with Gasteiger partial charge in [0, 0.05) is 0 Å². The van der Waals surface area contributed by atoms with Gasteiger partial charge in [0.1, 0.15) is 0 Å². The topological polar surface area (TPSA) is 158 Å². The molecule has 0 aliphatic rings. The van der Waals surface area contributed by atoms with Gasteiger partial charge in [0.25, 0.3) is 0 Å². The monoisotopic (exact) mass is 2740 g/mol. The summed E-state index contributed by atoms with van der Waals surface area (Å²) in [7, 11) is 0. The van der Waals surface area contributed by atoms with Crippen LogP contribution in [0.5, 0.6) is 0 Å². The van der Waals surface area contributed by atoms with Gasteiger partial charge in [-0.05, 0) is 0 Å². The third kappa shape index (κ3) is 40.9. The van der Waals surface area contributed by atoms with Crippen LogP contribution < -0.4 is 0 Å². The number of benzene rings is 12. The molecule has 0 bridgehead atoms. The molecule has 0 N–H and O–H groups in total. The van der Waals surface area contributed by atoms with Crippen LogP contribution in [-0.4, -0.2) is 37.3 Å². The normalized spacial score (nSPS) is 12.7. The van der Waals surface area contributed by atoms with Crippen molar-refractivity contribution in [3.8, 4) is 0 Å². The van der Waals surface area contributed by atoms with Gasteiger partial charge >= 0.3 is 947 Å². The Hall–Kier alpha value is -8.58. The molecule has 12 aromatic rings. The first kappa shape index (κ1) is 128. The fourth-order valence-electron chi connectivity index (χ4n) is 14.4. The van der Waals surface area contributed by atoms with Gasteiger partial charge in [-0.1, -0.05) is 0 Å². The van der Waals surface area contributed by atoms with Crippen molar-refractivity contribution in [2.45, 2.75) is 314 Å². The summed E-state index contributed by atoms with van der Waals surface area (Å²) in [6, 6.07) is 96.0. The molecule has 0 unspecified atom stereocenters. The number of rotatable bonds is 18. The van der Waals surface area contributed by atoms with E-state index < -0.39 is 159 Å². The van der Waals surface area contributed by atoms with Crippen LogP contribution in [0.3, 0.4) is 0 Å². The van der Waals surface area contributed by atoms with Crippen LogP contribution in [0.15, 0.2) is 291 Å². The predicted molar refractivity (Wildman–Crippen MR) is 656 cm³/mol. The SMILES string of the molecule is CC(C)(C)c1ccc(I(OC(=O)F)c2ccc(C(C)(C)C)cc2)cc1.CC(C)(C)c1ccc(I(OC(=O)F)c2ccc(C(C)(C)C)cc2)cc1.CC(C)(C)c1ccc(I(OC(=O)F)c2ccc(C(C)(C)C)cc2)cc1.CC(C)(C)c1ccc(I(OC(=O)F)c2ccc(C(C)(C)C)cc2)cc1.CC(C)(C)c1ccc(I(OC(=O)F)c2ccc(C(C)(C)C)cc2)cc1.CC(C)(C)c1ccc(I(OC(=O)F)c2ccc(C(C)(C)C)cc2)cc1. The molecule has 0 aliphatic heterocycles. The van der Waals surface area contributed by atoms with Crippen LogP contribution in [0.2, 0.25) is 0 Å². The van der Waals surface area contributed by atoms with Crippen molar-refractivity contribution < 1.29 is 73.5 Å². The quantitative estimate of drug-likeness (QED) is 0.0455. The second kappa shape index (κ2) is 53.7. The van der Waals surface area contributed by atoms with Gasteiger partial charge in [0.05, 0.1) is 0 Å². The molecule has 150 heavy (non-hydrogen) atoms. The van der Waals surface area contributed by atoms with Gasteiger partial charge in [-0.15, -0.1) is 0 Å². The summed E-state index contributed by atoms with van der Waals surface area (Å²) in [5, 5.41) is 0. The van der Waals surface area contributed by atoms with E-state index in [9.17, 15) is 55.1 Å². The molecule has 0 radical (unpaired) electrons. The molecule has 12 aromatic carbocycles. The van der Waals surface area contributed by atoms with Gasteiger partial charge < -0.3 is 0 Å². The molecule has 0 aromatic heterocycles. The van der Waals surface area contributed by atoms with Crippen molar-refractivity contribution in [1.82, 2.24) is 0 Å². The molecule has 0 aliphatic carbocycles. The maximum atomic E-state index is 13.0. The van der Waals surface area contributed by atoms with E-state index in [1.54, 1.807) is 0 Å². The maximum absolute atomic E-state index is 13.0. The van der Waals surface area contributed by atoms with E-state index in [4.69, 9.17) is 18.4 Å². The summed E-state index contributed by atoms with van der Waals surface area (Å²) in [6.45, 7) is 77.2. The molecule has 0 atom stereocenters. The molecule has 12 nitrogen and oxygen atoms in total. The summed E-state index contributed by atoms with van der Waals surface area (Å²) < 4.78 is 120. The zero-order valence-electron chi connectivity index (χ0n) is 94.1. The van der Waals surface area contributed by atoms with Crippen molar-refractivity contribution >= 4 is 159 Å². The first-order valence-corrected chi connectivity index (χ1v) is 67.9. The summed E-state index contributed by atoms with van der Waals surface area (Å²) >= 11 is -15.5. The van der Waals surface area contributed by atoms with E-state index in [-0.39, 0.29) is 65.0 Å². The van der Waals surface area contributed by atoms with Gasteiger partial charge in [0.15, 0.2) is 0 Å². The minimum absolute atomic E-state index is 0.0443. The van der Waals surface area contributed by atoms with Gasteiger partial charge in [-0.2, -0.15) is 0 Å². The van der Waals surface area contributed by atoms with Crippen molar-refractivity contribution in [3.63, 3.8) is 0 Å². The predicted octanol–water partition coefficient (Wildman–Crippen LogP) is 41.1. The van der Waals surface area contributed by atoms with Crippen LogP contribution >= 0.6 is 121 Å². The molecular weight excluding hydrogens is 2580 g/mol. The van der Waals surface area contributed by atoms with Crippen molar-refractivity contribution in [2.24, 2.45) is 0 Å². The second-order valence-corrected chi connectivity index (χ2v) is 74.6. The second-order valence-electron chi connectivity index (χ2n) is 48.5. The summed E-state index contributed by atoms with van der Waals surface area (Å²) in [4.78, 5) is 66.0. The molecule has 12 rings (SSSR count). The minimum atomic E-state index is -2.59. The molecule has 816 valence electrons. The van der Waals surface area contributed by atoms with E-state index in [1.807, 2.05) is 291 Å². The van der Waals surface area contributed by atoms with Crippen LogP contribution in [0.4, 0.5) is 55.1 Å². The Kier molecular flexibility index (Phi) is 45.9. The van der Waals surface area contributed by atoms with Gasteiger partial charge in [-0.25, -0.2) is 0 Å². The zero-order chi connectivity index (χ0) is 113. The Balaban J connectivity index is 0.000000243. The van der Waals surface area contributed by atoms with E-state index >= 15 is 0 Å². The molecule has 24 heteroatoms. The Morgan fingerprint density at radius 2 is 0.180 bits per heavy atom. The van der Waals surface area contributed by atoms with Gasteiger partial charge in [0.2, 0.25) is 0 Å². The van der Waals surface area contributed by atoms with Crippen LogP contribution in [0, 0.1) is 42.8 Å². The number of halogens is 12. The van der Waals surface area contributed by atoms with Crippen molar-refractivity contribution in [2.75, 3.05) is 0 Å². The van der Waals surface area contributed by atoms with Gasteiger partial charge in [-0.3, -0.25) is 0 Å². The molecule has 0 fully saturated rings. The number of carbonyl (C=O) groups is 6. The van der Waals surface area contributed by atoms with E-state index in [1.165, 1.54) is 66.8 Å². The Labute approximate surface area is 937 Å². The van der Waals surface area contributed by atoms with Crippen LogP contribution in [0.25, 0.3) is 0 Å². The number of carbonyl (C=O) groups excluding carboxylic acids is 6. The summed E-state index contributed by atoms with van der Waals surface area (Å²) in [5.74, 6) is 0. The Morgan fingerprint density at radius 3 is 0.220 bits per heavy atom. The van der Waals surface area contributed by atoms with E-state index in [2.05, 4.69) is 249 Å². The fourth-order valence-corrected chi connectivity index (χ4v) is 36.0. The van der Waals surface area contributed by atoms with Crippen molar-refractivity contribution in [1.29, 1.82) is 0 Å². The van der Waals surface area contributed by atoms with Crippen molar-refractivity contribution in [3.05, 3.63) is 401 Å². The molecular formula is C126H156F6I6O12. The molecule has 0 heterocycles. The average Bonchev–Trinajstić information content (AvgIpc) is 0.823. The zero-order valence-corrected chi connectivity index (χ0v) is 107. The molecule has 0 saturated heterocycles. The molecule has 0 saturated carbocycles. The summed E-state index contributed by atoms with van der Waals surface area (Å²) in [5.41, 5.74) is 14.9.